The lowest BCUT2D eigenvalue weighted by molar-refractivity contribution is -0.0681. The summed E-state index contributed by atoms with van der Waals surface area (Å²) in [7, 11) is 2.10. The molecule has 1 aromatic rings. The van der Waals surface area contributed by atoms with Crippen molar-refractivity contribution in [1.82, 2.24) is 4.90 Å². The fraction of sp³-hybridized carbons (Fsp3) is 0.500. The van der Waals surface area contributed by atoms with E-state index in [0.29, 0.717) is 0 Å². The fourth-order valence-electron chi connectivity index (χ4n) is 1.79. The zero-order valence-corrected chi connectivity index (χ0v) is 9.03. The minimum Gasteiger partial charge on any atom is -0.352 e. The Morgan fingerprint density at radius 1 is 1.29 bits per heavy atom. The molecule has 76 valence electrons. The predicted molar refractivity (Wildman–Crippen MR) is 57.0 cm³/mol. The lowest BCUT2D eigenvalue weighted by atomic mass is 10.1. The van der Waals surface area contributed by atoms with Crippen molar-refractivity contribution in [2.75, 3.05) is 13.6 Å². The normalized spacial score (nSPS) is 26.6. The molecule has 0 bridgehead atoms. The van der Waals surface area contributed by atoms with Gasteiger partial charge in [0, 0.05) is 6.54 Å². The van der Waals surface area contributed by atoms with Crippen molar-refractivity contribution in [3.8, 4) is 0 Å². The molecule has 0 unspecified atom stereocenters. The van der Waals surface area contributed by atoms with Crippen molar-refractivity contribution in [2.24, 2.45) is 0 Å². The molecule has 1 aliphatic heterocycles. The van der Waals surface area contributed by atoms with Gasteiger partial charge in [0.25, 0.3) is 0 Å². The largest absolute Gasteiger partial charge is 0.352 e. The number of rotatable bonds is 1. The molecule has 2 heteroatoms. The van der Waals surface area contributed by atoms with E-state index in [9.17, 15) is 0 Å². The Hall–Kier alpha value is -0.860. The summed E-state index contributed by atoms with van der Waals surface area (Å²) in [6, 6.07) is 10.4. The van der Waals surface area contributed by atoms with E-state index in [-0.39, 0.29) is 11.8 Å². The van der Waals surface area contributed by atoms with Crippen LogP contribution >= 0.6 is 0 Å². The highest BCUT2D eigenvalue weighted by Crippen LogP contribution is 2.33. The predicted octanol–water partition coefficient (Wildman–Crippen LogP) is 2.43. The molecule has 0 aromatic heterocycles. The molecule has 1 saturated heterocycles. The van der Waals surface area contributed by atoms with Crippen LogP contribution in [0.3, 0.4) is 0 Å². The van der Waals surface area contributed by atoms with E-state index in [1.807, 2.05) is 6.07 Å². The number of nitrogens with zero attached hydrogens (tertiary/aromatic N) is 1. The Labute approximate surface area is 85.5 Å². The van der Waals surface area contributed by atoms with Gasteiger partial charge in [-0.1, -0.05) is 30.3 Å². The van der Waals surface area contributed by atoms with Crippen molar-refractivity contribution in [2.45, 2.75) is 25.7 Å². The van der Waals surface area contributed by atoms with Gasteiger partial charge in [0.1, 0.15) is 5.72 Å². The molecule has 2 rings (SSSR count). The van der Waals surface area contributed by atoms with Gasteiger partial charge >= 0.3 is 0 Å². The molecule has 0 spiro atoms. The second-order valence-corrected chi connectivity index (χ2v) is 4.34. The molecule has 1 aliphatic rings. The molecule has 1 aromatic carbocycles. The lowest BCUT2D eigenvalue weighted by Gasteiger charge is -2.25. The molecule has 14 heavy (non-hydrogen) atoms. The van der Waals surface area contributed by atoms with Gasteiger partial charge in [0.05, 0.1) is 6.10 Å². The van der Waals surface area contributed by atoms with Gasteiger partial charge in [-0.05, 0) is 26.5 Å². The number of likely N-dealkylation sites (N-methyl/N-ethyl adjacent to an activating group) is 1. The summed E-state index contributed by atoms with van der Waals surface area (Å²) in [4.78, 5) is 2.24. The molecule has 0 saturated carbocycles. The van der Waals surface area contributed by atoms with Gasteiger partial charge in [-0.3, -0.25) is 4.90 Å². The second kappa shape index (κ2) is 3.37. The van der Waals surface area contributed by atoms with Gasteiger partial charge < -0.3 is 4.74 Å². The monoisotopic (exact) mass is 191 g/mol. The number of benzene rings is 1. The van der Waals surface area contributed by atoms with Crippen molar-refractivity contribution < 1.29 is 4.74 Å². The van der Waals surface area contributed by atoms with Crippen molar-refractivity contribution in [3.63, 3.8) is 0 Å². The van der Waals surface area contributed by atoms with E-state index >= 15 is 0 Å². The van der Waals surface area contributed by atoms with Crippen LogP contribution in [0.15, 0.2) is 30.3 Å². The minimum absolute atomic E-state index is 0.138. The highest BCUT2D eigenvalue weighted by molar-refractivity contribution is 5.19. The SMILES string of the molecule is CN1C[C@@H](c2ccccc2)OC1(C)C. The van der Waals surface area contributed by atoms with Crippen LogP contribution in [0, 0.1) is 0 Å². The Morgan fingerprint density at radius 2 is 1.93 bits per heavy atom. The van der Waals surface area contributed by atoms with Gasteiger partial charge in [-0.2, -0.15) is 0 Å². The standard InChI is InChI=1S/C12H17NO/c1-12(2)13(3)9-11(14-12)10-7-5-4-6-8-10/h4-8,11H,9H2,1-3H3/t11-/m0/s1. The maximum absolute atomic E-state index is 5.97. The third kappa shape index (κ3) is 1.68. The minimum atomic E-state index is -0.138. The van der Waals surface area contributed by atoms with Crippen LogP contribution in [0.25, 0.3) is 0 Å². The Morgan fingerprint density at radius 3 is 2.43 bits per heavy atom. The van der Waals surface area contributed by atoms with Crippen LogP contribution in [-0.2, 0) is 4.74 Å². The van der Waals surface area contributed by atoms with Crippen LogP contribution in [0.4, 0.5) is 0 Å². The topological polar surface area (TPSA) is 12.5 Å². The first-order valence-electron chi connectivity index (χ1n) is 5.03. The summed E-state index contributed by atoms with van der Waals surface area (Å²) in [5.74, 6) is 0. The van der Waals surface area contributed by atoms with Gasteiger partial charge in [0.15, 0.2) is 0 Å². The molecule has 1 fully saturated rings. The summed E-state index contributed by atoms with van der Waals surface area (Å²) in [5.41, 5.74) is 1.13. The maximum atomic E-state index is 5.97. The summed E-state index contributed by atoms with van der Waals surface area (Å²) >= 11 is 0. The van der Waals surface area contributed by atoms with Crippen molar-refractivity contribution in [1.29, 1.82) is 0 Å². The summed E-state index contributed by atoms with van der Waals surface area (Å²) < 4.78 is 5.97. The highest BCUT2D eigenvalue weighted by atomic mass is 16.5. The summed E-state index contributed by atoms with van der Waals surface area (Å²) in [6.45, 7) is 5.18. The highest BCUT2D eigenvalue weighted by Gasteiger charge is 2.37. The van der Waals surface area contributed by atoms with Gasteiger partial charge in [-0.15, -0.1) is 0 Å². The Kier molecular flexibility index (Phi) is 2.33. The molecule has 0 N–H and O–H groups in total. The lowest BCUT2D eigenvalue weighted by Crippen LogP contribution is -2.35. The van der Waals surface area contributed by atoms with Crippen LogP contribution < -0.4 is 0 Å². The van der Waals surface area contributed by atoms with Crippen molar-refractivity contribution >= 4 is 0 Å². The molecule has 1 atom stereocenters. The molecular formula is C12H17NO. The van der Waals surface area contributed by atoms with E-state index in [1.165, 1.54) is 5.56 Å². The molecule has 1 heterocycles. The molecule has 0 amide bonds. The van der Waals surface area contributed by atoms with E-state index < -0.39 is 0 Å². The fourth-order valence-corrected chi connectivity index (χ4v) is 1.79. The van der Waals surface area contributed by atoms with E-state index in [2.05, 4.69) is 50.1 Å². The molecule has 0 radical (unpaired) electrons. The molecule has 2 nitrogen and oxygen atoms in total. The maximum Gasteiger partial charge on any atom is 0.116 e. The zero-order chi connectivity index (χ0) is 10.2. The number of hydrogen-bond acceptors (Lipinski definition) is 2. The Balaban J connectivity index is 2.17. The molecular weight excluding hydrogens is 174 g/mol. The van der Waals surface area contributed by atoms with Gasteiger partial charge in [0.2, 0.25) is 0 Å². The van der Waals surface area contributed by atoms with Crippen molar-refractivity contribution in [3.05, 3.63) is 35.9 Å². The average Bonchev–Trinajstić information content (AvgIpc) is 2.43. The van der Waals surface area contributed by atoms with Gasteiger partial charge in [-0.25, -0.2) is 0 Å². The van der Waals surface area contributed by atoms with E-state index in [4.69, 9.17) is 4.74 Å². The summed E-state index contributed by atoms with van der Waals surface area (Å²) in [6.07, 6.45) is 0.219. The molecule has 0 aliphatic carbocycles. The quantitative estimate of drug-likeness (QED) is 0.676. The van der Waals surface area contributed by atoms with Crippen LogP contribution in [0.2, 0.25) is 0 Å². The van der Waals surface area contributed by atoms with Crippen LogP contribution in [-0.4, -0.2) is 24.2 Å². The third-order valence-corrected chi connectivity index (χ3v) is 2.96. The van der Waals surface area contributed by atoms with E-state index in [0.717, 1.165) is 6.54 Å². The van der Waals surface area contributed by atoms with Crippen LogP contribution in [0.1, 0.15) is 25.5 Å². The number of hydrogen-bond donors (Lipinski definition) is 0. The first kappa shape index (κ1) is 9.69. The first-order valence-corrected chi connectivity index (χ1v) is 5.03. The third-order valence-electron chi connectivity index (χ3n) is 2.96. The Bertz CT molecular complexity index is 307. The van der Waals surface area contributed by atoms with E-state index in [1.54, 1.807) is 0 Å². The smallest absolute Gasteiger partial charge is 0.116 e. The number of ether oxygens (including phenoxy) is 1. The summed E-state index contributed by atoms with van der Waals surface area (Å²) in [5, 5.41) is 0. The van der Waals surface area contributed by atoms with Crippen LogP contribution in [0.5, 0.6) is 0 Å². The second-order valence-electron chi connectivity index (χ2n) is 4.34. The average molecular weight is 191 g/mol. The zero-order valence-electron chi connectivity index (χ0n) is 9.03. The first-order chi connectivity index (χ1) is 6.59.